The normalized spacial score (nSPS) is 25.3. The topological polar surface area (TPSA) is 52.9 Å². The van der Waals surface area contributed by atoms with Gasteiger partial charge < -0.3 is 5.32 Å². The minimum atomic E-state index is -1.12. The lowest BCUT2D eigenvalue weighted by Crippen LogP contribution is -2.45. The van der Waals surface area contributed by atoms with E-state index in [2.05, 4.69) is 21.2 Å². The van der Waals surface area contributed by atoms with Crippen LogP contribution in [0.4, 0.5) is 14.5 Å². The van der Waals surface area contributed by atoms with Crippen LogP contribution in [-0.2, 0) is 4.79 Å². The van der Waals surface area contributed by atoms with Crippen LogP contribution < -0.4 is 5.32 Å². The summed E-state index contributed by atoms with van der Waals surface area (Å²) in [6.07, 6.45) is 0.881. The molecule has 0 aliphatic heterocycles. The van der Waals surface area contributed by atoms with Gasteiger partial charge in [0.2, 0.25) is 5.91 Å². The summed E-state index contributed by atoms with van der Waals surface area (Å²) in [5, 5.41) is 11.4. The molecule has 0 heterocycles. The van der Waals surface area contributed by atoms with Crippen molar-refractivity contribution >= 4 is 27.5 Å². The zero-order chi connectivity index (χ0) is 14.2. The number of amides is 1. The van der Waals surface area contributed by atoms with Crippen LogP contribution in [0.1, 0.15) is 19.8 Å². The molecule has 1 N–H and O–H groups in total. The summed E-state index contributed by atoms with van der Waals surface area (Å²) in [4.78, 5) is 12.0. The molecule has 1 amide bonds. The van der Waals surface area contributed by atoms with Crippen LogP contribution in [0.5, 0.6) is 0 Å². The van der Waals surface area contributed by atoms with Crippen LogP contribution in [0, 0.1) is 34.3 Å². The minimum absolute atomic E-state index is 0.0183. The summed E-state index contributed by atoms with van der Waals surface area (Å²) < 4.78 is 26.9. The van der Waals surface area contributed by atoms with Gasteiger partial charge in [-0.1, -0.05) is 6.92 Å². The third kappa shape index (κ3) is 2.47. The van der Waals surface area contributed by atoms with Gasteiger partial charge in [-0.3, -0.25) is 4.79 Å². The number of rotatable bonds is 2. The van der Waals surface area contributed by atoms with E-state index in [4.69, 9.17) is 5.26 Å². The lowest BCUT2D eigenvalue weighted by Gasteiger charge is -2.39. The van der Waals surface area contributed by atoms with E-state index in [1.807, 2.05) is 13.0 Å². The summed E-state index contributed by atoms with van der Waals surface area (Å²) in [6, 6.07) is 3.80. The Morgan fingerprint density at radius 2 is 2.11 bits per heavy atom. The summed E-state index contributed by atoms with van der Waals surface area (Å²) >= 11 is 2.85. The Balaban J connectivity index is 2.20. The minimum Gasteiger partial charge on any atom is -0.322 e. The summed E-state index contributed by atoms with van der Waals surface area (Å²) in [5.74, 6) is -1.71. The number of carbonyl (C=O) groups excluding carboxylic acids is 1. The molecule has 0 aromatic heterocycles. The predicted octanol–water partition coefficient (Wildman–Crippen LogP) is 3.61. The highest BCUT2D eigenvalue weighted by atomic mass is 79.9. The molecule has 1 saturated carbocycles. The van der Waals surface area contributed by atoms with Crippen molar-refractivity contribution in [3.05, 3.63) is 28.2 Å². The Labute approximate surface area is 117 Å². The predicted molar refractivity (Wildman–Crippen MR) is 69.1 cm³/mol. The van der Waals surface area contributed by atoms with Gasteiger partial charge in [0.1, 0.15) is 17.0 Å². The van der Waals surface area contributed by atoms with Crippen molar-refractivity contribution in [2.45, 2.75) is 19.8 Å². The van der Waals surface area contributed by atoms with Gasteiger partial charge in [0, 0.05) is 6.07 Å². The molecule has 3 nitrogen and oxygen atoms in total. The van der Waals surface area contributed by atoms with Crippen molar-refractivity contribution in [1.82, 2.24) is 0 Å². The molecular weight excluding hydrogens is 318 g/mol. The average molecular weight is 329 g/mol. The van der Waals surface area contributed by atoms with E-state index in [0.717, 1.165) is 12.1 Å². The number of hydrogen-bond donors (Lipinski definition) is 1. The number of nitrogens with one attached hydrogen (secondary N) is 1. The van der Waals surface area contributed by atoms with Gasteiger partial charge in [0.05, 0.1) is 16.2 Å². The number of nitrogens with zero attached hydrogens (tertiary/aromatic N) is 1. The Morgan fingerprint density at radius 1 is 1.47 bits per heavy atom. The van der Waals surface area contributed by atoms with E-state index in [1.54, 1.807) is 0 Å². The lowest BCUT2D eigenvalue weighted by atomic mass is 9.63. The molecular formula is C13H11BrF2N2O. The van der Waals surface area contributed by atoms with Crippen molar-refractivity contribution in [3.8, 4) is 6.07 Å². The number of hydrogen-bond acceptors (Lipinski definition) is 2. The third-order valence-corrected chi connectivity index (χ3v) is 3.91. The fourth-order valence-corrected chi connectivity index (χ4v) is 2.63. The van der Waals surface area contributed by atoms with Crippen LogP contribution in [0.25, 0.3) is 0 Å². The quantitative estimate of drug-likeness (QED) is 0.843. The number of nitriles is 1. The molecule has 1 fully saturated rings. The first-order chi connectivity index (χ1) is 8.88. The number of carbonyl (C=O) groups is 1. The van der Waals surface area contributed by atoms with Crippen LogP contribution in [0.15, 0.2) is 16.6 Å². The molecule has 0 unspecified atom stereocenters. The Hall–Kier alpha value is -1.48. The van der Waals surface area contributed by atoms with E-state index in [9.17, 15) is 13.6 Å². The molecule has 0 atom stereocenters. The molecule has 0 radical (unpaired) electrons. The maximum Gasteiger partial charge on any atom is 0.244 e. The molecule has 19 heavy (non-hydrogen) atoms. The summed E-state index contributed by atoms with van der Waals surface area (Å²) in [7, 11) is 0. The number of anilines is 1. The zero-order valence-corrected chi connectivity index (χ0v) is 11.7. The van der Waals surface area contributed by atoms with Crippen molar-refractivity contribution in [2.75, 3.05) is 5.32 Å². The zero-order valence-electron chi connectivity index (χ0n) is 10.1. The van der Waals surface area contributed by atoms with Gasteiger partial charge in [-0.15, -0.1) is 0 Å². The standard InChI is InChI=1S/C13H11BrF2N2O/c1-7-4-13(5-7,6-17)12(19)18-11-3-9(15)8(14)2-10(11)16/h2-3,7H,4-5H2,1H3,(H,18,19). The highest BCUT2D eigenvalue weighted by molar-refractivity contribution is 9.10. The Bertz CT molecular complexity index is 577. The second-order valence-electron chi connectivity index (χ2n) is 4.91. The van der Waals surface area contributed by atoms with Crippen molar-refractivity contribution in [2.24, 2.45) is 11.3 Å². The number of halogens is 3. The lowest BCUT2D eigenvalue weighted by molar-refractivity contribution is -0.128. The van der Waals surface area contributed by atoms with Crippen molar-refractivity contribution in [3.63, 3.8) is 0 Å². The molecule has 100 valence electrons. The van der Waals surface area contributed by atoms with Gasteiger partial charge in [-0.2, -0.15) is 5.26 Å². The first kappa shape index (κ1) is 13.9. The van der Waals surface area contributed by atoms with E-state index in [-0.39, 0.29) is 16.1 Å². The van der Waals surface area contributed by atoms with Crippen LogP contribution in [-0.4, -0.2) is 5.91 Å². The second kappa shape index (κ2) is 4.89. The van der Waals surface area contributed by atoms with E-state index in [0.29, 0.717) is 12.8 Å². The van der Waals surface area contributed by atoms with Gasteiger partial charge in [0.15, 0.2) is 0 Å². The van der Waals surface area contributed by atoms with Crippen LogP contribution in [0.2, 0.25) is 0 Å². The van der Waals surface area contributed by atoms with E-state index in [1.165, 1.54) is 0 Å². The highest BCUT2D eigenvalue weighted by Gasteiger charge is 2.49. The largest absolute Gasteiger partial charge is 0.322 e. The molecule has 0 spiro atoms. The first-order valence-electron chi connectivity index (χ1n) is 5.75. The molecule has 2 rings (SSSR count). The second-order valence-corrected chi connectivity index (χ2v) is 5.76. The molecule has 0 bridgehead atoms. The third-order valence-electron chi connectivity index (χ3n) is 3.30. The fraction of sp³-hybridized carbons (Fsp3) is 0.385. The van der Waals surface area contributed by atoms with Crippen LogP contribution >= 0.6 is 15.9 Å². The van der Waals surface area contributed by atoms with E-state index < -0.39 is 23.0 Å². The monoisotopic (exact) mass is 328 g/mol. The van der Waals surface area contributed by atoms with E-state index >= 15 is 0 Å². The SMILES string of the molecule is CC1CC(C#N)(C(=O)Nc2cc(F)c(Br)cc2F)C1. The fourth-order valence-electron chi connectivity index (χ4n) is 2.32. The first-order valence-corrected chi connectivity index (χ1v) is 6.54. The average Bonchev–Trinajstić information content (AvgIpc) is 2.31. The highest BCUT2D eigenvalue weighted by Crippen LogP contribution is 2.45. The van der Waals surface area contributed by atoms with Gasteiger partial charge in [-0.05, 0) is 40.8 Å². The summed E-state index contributed by atoms with van der Waals surface area (Å²) in [6.45, 7) is 1.93. The Kier molecular flexibility index (Phi) is 3.59. The van der Waals surface area contributed by atoms with Crippen LogP contribution in [0.3, 0.4) is 0 Å². The van der Waals surface area contributed by atoms with Gasteiger partial charge >= 0.3 is 0 Å². The molecule has 1 aliphatic rings. The maximum absolute atomic E-state index is 13.6. The molecule has 6 heteroatoms. The van der Waals surface area contributed by atoms with Crippen molar-refractivity contribution < 1.29 is 13.6 Å². The molecule has 0 saturated heterocycles. The van der Waals surface area contributed by atoms with Gasteiger partial charge in [0.25, 0.3) is 0 Å². The summed E-state index contributed by atoms with van der Waals surface area (Å²) in [5.41, 5.74) is -1.37. The van der Waals surface area contributed by atoms with Crippen molar-refractivity contribution in [1.29, 1.82) is 5.26 Å². The Morgan fingerprint density at radius 3 is 2.63 bits per heavy atom. The molecule has 1 aromatic carbocycles. The molecule has 1 aromatic rings. The van der Waals surface area contributed by atoms with Gasteiger partial charge in [-0.25, -0.2) is 8.78 Å². The maximum atomic E-state index is 13.6. The smallest absolute Gasteiger partial charge is 0.244 e. The number of benzene rings is 1. The molecule has 1 aliphatic carbocycles.